The summed E-state index contributed by atoms with van der Waals surface area (Å²) in [5, 5.41) is 21.6. The normalized spacial score (nSPS) is 10.3. The molecule has 0 amide bonds. The number of hydrazone groups is 1. The van der Waals surface area contributed by atoms with Gasteiger partial charge in [0.05, 0.1) is 6.21 Å². The number of nitrogens with two attached hydrogens (primary N) is 1. The summed E-state index contributed by atoms with van der Waals surface area (Å²) in [7, 11) is -1.48. The van der Waals surface area contributed by atoms with E-state index in [1.165, 1.54) is 6.21 Å². The molecular formula is C8H10BN3O2S. The van der Waals surface area contributed by atoms with Crippen molar-refractivity contribution < 1.29 is 10.0 Å². The monoisotopic (exact) mass is 223 g/mol. The zero-order valence-corrected chi connectivity index (χ0v) is 8.61. The van der Waals surface area contributed by atoms with Gasteiger partial charge >= 0.3 is 7.12 Å². The van der Waals surface area contributed by atoms with Crippen LogP contribution >= 0.6 is 12.2 Å². The van der Waals surface area contributed by atoms with Crippen LogP contribution in [0.2, 0.25) is 0 Å². The van der Waals surface area contributed by atoms with E-state index >= 15 is 0 Å². The van der Waals surface area contributed by atoms with Gasteiger partial charge in [0, 0.05) is 0 Å². The molecule has 0 spiro atoms. The Labute approximate surface area is 92.8 Å². The lowest BCUT2D eigenvalue weighted by Crippen LogP contribution is -2.30. The van der Waals surface area contributed by atoms with Gasteiger partial charge in [0.25, 0.3) is 0 Å². The van der Waals surface area contributed by atoms with E-state index in [-0.39, 0.29) is 5.11 Å². The summed E-state index contributed by atoms with van der Waals surface area (Å²) in [5.41, 5.74) is 8.67. The maximum Gasteiger partial charge on any atom is 0.488 e. The van der Waals surface area contributed by atoms with Crippen molar-refractivity contribution in [3.8, 4) is 0 Å². The summed E-state index contributed by atoms with van der Waals surface area (Å²) in [6.45, 7) is 0. The summed E-state index contributed by atoms with van der Waals surface area (Å²) in [6.07, 6.45) is 1.48. The highest BCUT2D eigenvalue weighted by molar-refractivity contribution is 7.80. The molecule has 5 N–H and O–H groups in total. The SMILES string of the molecule is NC(=S)NN=Cc1cccc(B(O)O)c1. The number of nitrogens with zero attached hydrogens (tertiary/aromatic N) is 1. The predicted octanol–water partition coefficient (Wildman–Crippen LogP) is -1.47. The molecule has 0 radical (unpaired) electrons. The summed E-state index contributed by atoms with van der Waals surface area (Å²) in [5.74, 6) is 0. The first-order chi connectivity index (χ1) is 7.09. The van der Waals surface area contributed by atoms with Crippen LogP contribution in [0.3, 0.4) is 0 Å². The molecule has 0 aromatic heterocycles. The summed E-state index contributed by atoms with van der Waals surface area (Å²) >= 11 is 4.55. The molecule has 0 bridgehead atoms. The van der Waals surface area contributed by atoms with E-state index < -0.39 is 7.12 Å². The minimum absolute atomic E-state index is 0.0737. The molecule has 1 aromatic carbocycles. The lowest BCUT2D eigenvalue weighted by Gasteiger charge is -2.00. The van der Waals surface area contributed by atoms with Gasteiger partial charge in [0.15, 0.2) is 5.11 Å². The average Bonchev–Trinajstić information content (AvgIpc) is 2.17. The standard InChI is InChI=1S/C8H10BN3O2S/c10-8(15)12-11-5-6-2-1-3-7(4-6)9(13)14/h1-5,13-14H,(H3,10,12,15). The first kappa shape index (κ1) is 11.6. The fourth-order valence-electron chi connectivity index (χ4n) is 0.970. The van der Waals surface area contributed by atoms with E-state index in [0.29, 0.717) is 11.0 Å². The number of benzene rings is 1. The van der Waals surface area contributed by atoms with Gasteiger partial charge in [-0.2, -0.15) is 5.10 Å². The van der Waals surface area contributed by atoms with E-state index in [1.807, 2.05) is 0 Å². The van der Waals surface area contributed by atoms with Crippen LogP contribution in [0.4, 0.5) is 0 Å². The molecule has 1 aromatic rings. The Balaban J connectivity index is 2.73. The van der Waals surface area contributed by atoms with Crippen LogP contribution < -0.4 is 16.6 Å². The van der Waals surface area contributed by atoms with Crippen molar-refractivity contribution in [3.63, 3.8) is 0 Å². The van der Waals surface area contributed by atoms with Gasteiger partial charge in [-0.1, -0.05) is 24.3 Å². The third-order valence-electron chi connectivity index (χ3n) is 1.60. The average molecular weight is 223 g/mol. The third kappa shape index (κ3) is 4.07. The Kier molecular flexibility index (Phi) is 4.23. The second-order valence-corrected chi connectivity index (χ2v) is 3.22. The van der Waals surface area contributed by atoms with E-state index in [4.69, 9.17) is 15.8 Å². The highest BCUT2D eigenvalue weighted by Gasteiger charge is 2.09. The van der Waals surface area contributed by atoms with Crippen molar-refractivity contribution >= 4 is 36.1 Å². The number of hydrogen-bond acceptors (Lipinski definition) is 4. The molecule has 0 fully saturated rings. The Hall–Kier alpha value is -1.44. The third-order valence-corrected chi connectivity index (χ3v) is 1.69. The summed E-state index contributed by atoms with van der Waals surface area (Å²) in [4.78, 5) is 0. The zero-order chi connectivity index (χ0) is 11.3. The fraction of sp³-hybridized carbons (Fsp3) is 0. The lowest BCUT2D eigenvalue weighted by atomic mass is 9.80. The Morgan fingerprint density at radius 2 is 2.27 bits per heavy atom. The van der Waals surface area contributed by atoms with Gasteiger partial charge in [-0.3, -0.25) is 5.43 Å². The number of rotatable bonds is 3. The van der Waals surface area contributed by atoms with Crippen LogP contribution in [0, 0.1) is 0 Å². The number of nitrogens with one attached hydrogen (secondary N) is 1. The van der Waals surface area contributed by atoms with Crippen LogP contribution in [0.25, 0.3) is 0 Å². The van der Waals surface area contributed by atoms with Crippen molar-refractivity contribution in [2.45, 2.75) is 0 Å². The van der Waals surface area contributed by atoms with Crippen LogP contribution in [0.1, 0.15) is 5.56 Å². The van der Waals surface area contributed by atoms with Gasteiger partial charge in [0.2, 0.25) is 0 Å². The van der Waals surface area contributed by atoms with Crippen LogP contribution in [-0.2, 0) is 0 Å². The van der Waals surface area contributed by atoms with Gasteiger partial charge in [0.1, 0.15) is 0 Å². The van der Waals surface area contributed by atoms with Gasteiger partial charge in [-0.05, 0) is 23.2 Å². The Morgan fingerprint density at radius 1 is 1.53 bits per heavy atom. The van der Waals surface area contributed by atoms with Crippen LogP contribution in [0.15, 0.2) is 29.4 Å². The Bertz CT molecular complexity index is 384. The molecule has 0 heterocycles. The smallest absolute Gasteiger partial charge is 0.423 e. The highest BCUT2D eigenvalue weighted by Crippen LogP contribution is 1.93. The zero-order valence-electron chi connectivity index (χ0n) is 7.79. The molecule has 0 saturated carbocycles. The molecule has 0 saturated heterocycles. The first-order valence-corrected chi connectivity index (χ1v) is 4.55. The summed E-state index contributed by atoms with van der Waals surface area (Å²) in [6, 6.07) is 6.64. The largest absolute Gasteiger partial charge is 0.488 e. The summed E-state index contributed by atoms with van der Waals surface area (Å²) < 4.78 is 0. The first-order valence-electron chi connectivity index (χ1n) is 4.14. The van der Waals surface area contributed by atoms with Crippen molar-refractivity contribution in [2.24, 2.45) is 10.8 Å². The van der Waals surface area contributed by atoms with Gasteiger partial charge in [-0.25, -0.2) is 0 Å². The van der Waals surface area contributed by atoms with Crippen molar-refractivity contribution in [3.05, 3.63) is 29.8 Å². The molecule has 0 atom stereocenters. The van der Waals surface area contributed by atoms with E-state index in [2.05, 4.69) is 22.7 Å². The second kappa shape index (κ2) is 5.45. The quantitative estimate of drug-likeness (QED) is 0.217. The molecule has 0 unspecified atom stereocenters. The lowest BCUT2D eigenvalue weighted by molar-refractivity contribution is 0.426. The molecule has 15 heavy (non-hydrogen) atoms. The topological polar surface area (TPSA) is 90.9 Å². The Morgan fingerprint density at radius 3 is 2.87 bits per heavy atom. The van der Waals surface area contributed by atoms with Gasteiger partial charge < -0.3 is 15.8 Å². The van der Waals surface area contributed by atoms with Crippen molar-refractivity contribution in [1.82, 2.24) is 5.43 Å². The molecule has 0 aliphatic carbocycles. The molecule has 0 aliphatic heterocycles. The van der Waals surface area contributed by atoms with Crippen LogP contribution in [-0.4, -0.2) is 28.5 Å². The molecule has 1 rings (SSSR count). The minimum atomic E-state index is -1.48. The molecular weight excluding hydrogens is 213 g/mol. The fourth-order valence-corrected chi connectivity index (χ4v) is 1.02. The van der Waals surface area contributed by atoms with Gasteiger partial charge in [-0.15, -0.1) is 0 Å². The van der Waals surface area contributed by atoms with Crippen LogP contribution in [0.5, 0.6) is 0 Å². The minimum Gasteiger partial charge on any atom is -0.423 e. The molecule has 5 nitrogen and oxygen atoms in total. The maximum atomic E-state index is 8.92. The molecule has 78 valence electrons. The van der Waals surface area contributed by atoms with Crippen molar-refractivity contribution in [1.29, 1.82) is 0 Å². The number of hydrogen-bond donors (Lipinski definition) is 4. The van der Waals surface area contributed by atoms with E-state index in [0.717, 1.165) is 0 Å². The highest BCUT2D eigenvalue weighted by atomic mass is 32.1. The predicted molar refractivity (Wildman–Crippen MR) is 63.8 cm³/mol. The number of thiocarbonyl (C=S) groups is 1. The van der Waals surface area contributed by atoms with E-state index in [9.17, 15) is 0 Å². The maximum absolute atomic E-state index is 8.92. The molecule has 0 aliphatic rings. The van der Waals surface area contributed by atoms with E-state index in [1.54, 1.807) is 24.3 Å². The van der Waals surface area contributed by atoms with Crippen molar-refractivity contribution in [2.75, 3.05) is 0 Å². The second-order valence-electron chi connectivity index (χ2n) is 2.78. The molecule has 7 heteroatoms.